The summed E-state index contributed by atoms with van der Waals surface area (Å²) in [6, 6.07) is 8.95. The van der Waals surface area contributed by atoms with Gasteiger partial charge in [0.05, 0.1) is 22.4 Å². The maximum atomic E-state index is 15.6. The van der Waals surface area contributed by atoms with Crippen LogP contribution in [-0.4, -0.2) is 64.1 Å². The van der Waals surface area contributed by atoms with E-state index in [0.29, 0.717) is 10.2 Å². The van der Waals surface area contributed by atoms with Gasteiger partial charge in [-0.25, -0.2) is 8.78 Å². The van der Waals surface area contributed by atoms with Crippen molar-refractivity contribution >= 4 is 62.5 Å². The van der Waals surface area contributed by atoms with Gasteiger partial charge in [-0.15, -0.1) is 11.3 Å². The molecule has 14 heteroatoms. The van der Waals surface area contributed by atoms with Crippen LogP contribution in [0.4, 0.5) is 14.5 Å². The summed E-state index contributed by atoms with van der Waals surface area (Å²) in [5.74, 6) is -3.34. The normalized spacial score (nSPS) is 16.5. The third-order valence-corrected chi connectivity index (χ3v) is 8.32. The van der Waals surface area contributed by atoms with E-state index in [1.165, 1.54) is 59.5 Å². The number of anilines is 1. The fraction of sp³-hybridized carbons (Fsp3) is 0.250. The van der Waals surface area contributed by atoms with E-state index in [2.05, 4.69) is 15.7 Å². The molecule has 1 aliphatic heterocycles. The van der Waals surface area contributed by atoms with E-state index >= 15 is 4.39 Å². The van der Waals surface area contributed by atoms with Crippen LogP contribution in [0, 0.1) is 12.7 Å². The first-order valence-electron chi connectivity index (χ1n) is 12.8. The summed E-state index contributed by atoms with van der Waals surface area (Å²) in [5.41, 5.74) is 6.17. The van der Waals surface area contributed by atoms with E-state index in [1.54, 1.807) is 6.07 Å². The van der Waals surface area contributed by atoms with E-state index in [-0.39, 0.29) is 52.6 Å². The molecule has 0 bridgehead atoms. The maximum Gasteiger partial charge on any atom is 0.273 e. The zero-order chi connectivity index (χ0) is 30.3. The summed E-state index contributed by atoms with van der Waals surface area (Å²) >= 11 is 7.60. The molecule has 2 aromatic heterocycles. The van der Waals surface area contributed by atoms with Crippen LogP contribution >= 0.6 is 22.9 Å². The summed E-state index contributed by atoms with van der Waals surface area (Å²) in [6.45, 7) is 1.19. The summed E-state index contributed by atoms with van der Waals surface area (Å²) in [7, 11) is 1.47. The number of aromatic nitrogens is 2. The van der Waals surface area contributed by atoms with Crippen molar-refractivity contribution in [2.45, 2.75) is 32.1 Å². The molecule has 3 heterocycles. The Balaban J connectivity index is 1.38. The van der Waals surface area contributed by atoms with Gasteiger partial charge in [-0.2, -0.15) is 5.10 Å². The van der Waals surface area contributed by atoms with Crippen LogP contribution in [0.1, 0.15) is 32.1 Å². The van der Waals surface area contributed by atoms with Crippen molar-refractivity contribution in [3.05, 3.63) is 69.4 Å². The first-order chi connectivity index (χ1) is 20.0. The van der Waals surface area contributed by atoms with Crippen molar-refractivity contribution in [1.82, 2.24) is 20.0 Å². The molecule has 1 fully saturated rings. The van der Waals surface area contributed by atoms with Gasteiger partial charge in [0.2, 0.25) is 17.7 Å². The number of alkyl halides is 1. The average Bonchev–Trinajstić information content (AvgIpc) is 3.63. The number of thiophene rings is 1. The minimum absolute atomic E-state index is 0.00398. The lowest BCUT2D eigenvalue weighted by Gasteiger charge is -2.24. The number of carbonyl (C=O) groups is 4. The number of likely N-dealkylation sites (tertiary alicyclic amines) is 1. The summed E-state index contributed by atoms with van der Waals surface area (Å²) in [4.78, 5) is 52.6. The molecule has 10 nitrogen and oxygen atoms in total. The number of carbonyl (C=O) groups excluding carboxylic acids is 4. The lowest BCUT2D eigenvalue weighted by molar-refractivity contribution is -0.137. The Hall–Kier alpha value is -4.36. The smallest absolute Gasteiger partial charge is 0.273 e. The number of nitrogens with one attached hydrogen (secondary N) is 2. The highest BCUT2D eigenvalue weighted by Crippen LogP contribution is 2.34. The van der Waals surface area contributed by atoms with Gasteiger partial charge in [0.15, 0.2) is 11.5 Å². The number of nitrogens with two attached hydrogens (primary N) is 1. The monoisotopic (exact) mass is 614 g/mol. The molecule has 1 saturated heterocycles. The van der Waals surface area contributed by atoms with E-state index in [1.807, 2.05) is 6.92 Å². The molecule has 42 heavy (non-hydrogen) atoms. The number of hydrogen-bond acceptors (Lipinski definition) is 6. The third kappa shape index (κ3) is 5.44. The van der Waals surface area contributed by atoms with Gasteiger partial charge in [0.25, 0.3) is 5.91 Å². The highest BCUT2D eigenvalue weighted by molar-refractivity contribution is 7.19. The predicted octanol–water partition coefficient (Wildman–Crippen LogP) is 3.90. The molecule has 2 atom stereocenters. The number of hydrogen-bond donors (Lipinski definition) is 3. The number of fused-ring (bicyclic) bond motifs is 1. The zero-order valence-electron chi connectivity index (χ0n) is 22.4. The third-order valence-electron chi connectivity index (χ3n) is 6.95. The van der Waals surface area contributed by atoms with Crippen LogP contribution in [0.5, 0.6) is 0 Å². The Kier molecular flexibility index (Phi) is 7.97. The van der Waals surface area contributed by atoms with Crippen molar-refractivity contribution < 1.29 is 28.0 Å². The molecule has 0 unspecified atom stereocenters. The molecule has 2 aromatic carbocycles. The Morgan fingerprint density at radius 2 is 1.93 bits per heavy atom. The standard InChI is InChI=1S/C28H25ClF2N6O4S/c1-13-8-20-25(42-13)24(28(41)33-2)35-37(20)12-22(38)36-11-15(30)10-21(36)27(40)34-19-5-3-4-16(23(19)31)17-9-14(26(32)39)6-7-18(17)29/h3-9,15,21H,10-12H2,1-2H3,(H2,32,39)(H,33,41)(H,34,40)/t15-,21+/m1/s1. The Labute approximate surface area is 247 Å². The van der Waals surface area contributed by atoms with Gasteiger partial charge in [-0.3, -0.25) is 23.9 Å². The first kappa shape index (κ1) is 29.1. The van der Waals surface area contributed by atoms with Crippen molar-refractivity contribution in [3.8, 4) is 11.1 Å². The van der Waals surface area contributed by atoms with Crippen molar-refractivity contribution in [3.63, 3.8) is 0 Å². The summed E-state index contributed by atoms with van der Waals surface area (Å²) in [5, 5.41) is 9.43. The number of benzene rings is 2. The SMILES string of the molecule is CNC(=O)c1nn(CC(=O)N2C[C@H](F)C[C@H]2C(=O)Nc2cccc(-c3cc(C(N)=O)ccc3Cl)c2F)c2cc(C)sc12. The van der Waals surface area contributed by atoms with Crippen LogP contribution < -0.4 is 16.4 Å². The summed E-state index contributed by atoms with van der Waals surface area (Å²) < 4.78 is 32.1. The highest BCUT2D eigenvalue weighted by Gasteiger charge is 2.40. The van der Waals surface area contributed by atoms with Crippen molar-refractivity contribution in [2.24, 2.45) is 5.73 Å². The van der Waals surface area contributed by atoms with Gasteiger partial charge in [-0.05, 0) is 37.3 Å². The number of rotatable bonds is 7. The fourth-order valence-corrected chi connectivity index (χ4v) is 6.15. The van der Waals surface area contributed by atoms with E-state index in [0.717, 1.165) is 9.78 Å². The maximum absolute atomic E-state index is 15.6. The minimum atomic E-state index is -1.47. The molecule has 218 valence electrons. The lowest BCUT2D eigenvalue weighted by Crippen LogP contribution is -2.44. The summed E-state index contributed by atoms with van der Waals surface area (Å²) in [6.07, 6.45) is -1.75. The molecular weight excluding hydrogens is 590 g/mol. The van der Waals surface area contributed by atoms with Gasteiger partial charge in [0, 0.05) is 40.1 Å². The fourth-order valence-electron chi connectivity index (χ4n) is 4.93. The molecule has 0 spiro atoms. The van der Waals surface area contributed by atoms with Crippen LogP contribution in [0.2, 0.25) is 5.02 Å². The van der Waals surface area contributed by atoms with E-state index in [9.17, 15) is 23.6 Å². The Morgan fingerprint density at radius 1 is 1.17 bits per heavy atom. The number of primary amides is 1. The zero-order valence-corrected chi connectivity index (χ0v) is 24.0. The molecule has 4 amide bonds. The van der Waals surface area contributed by atoms with E-state index in [4.69, 9.17) is 17.3 Å². The number of aryl methyl sites for hydroxylation is 1. The minimum Gasteiger partial charge on any atom is -0.366 e. The van der Waals surface area contributed by atoms with Crippen LogP contribution in [0.25, 0.3) is 21.3 Å². The molecule has 0 saturated carbocycles. The molecule has 5 rings (SSSR count). The second-order valence-corrected chi connectivity index (χ2v) is 11.4. The molecule has 4 aromatic rings. The van der Waals surface area contributed by atoms with Gasteiger partial charge in [0.1, 0.15) is 18.8 Å². The number of amides is 4. The predicted molar refractivity (Wildman–Crippen MR) is 155 cm³/mol. The first-order valence-corrected chi connectivity index (χ1v) is 14.0. The van der Waals surface area contributed by atoms with Crippen LogP contribution in [0.15, 0.2) is 42.5 Å². The second-order valence-electron chi connectivity index (χ2n) is 9.77. The van der Waals surface area contributed by atoms with Crippen LogP contribution in [-0.2, 0) is 16.1 Å². The molecule has 4 N–H and O–H groups in total. The average molecular weight is 615 g/mol. The van der Waals surface area contributed by atoms with Gasteiger partial charge < -0.3 is 21.3 Å². The van der Waals surface area contributed by atoms with Gasteiger partial charge in [-0.1, -0.05) is 23.7 Å². The molecule has 0 radical (unpaired) electrons. The Bertz CT molecular complexity index is 1760. The largest absolute Gasteiger partial charge is 0.366 e. The topological polar surface area (TPSA) is 139 Å². The molecule has 1 aliphatic rings. The van der Waals surface area contributed by atoms with E-state index < -0.39 is 41.7 Å². The van der Waals surface area contributed by atoms with Crippen LogP contribution in [0.3, 0.4) is 0 Å². The number of nitrogens with zero attached hydrogens (tertiary/aromatic N) is 3. The molecular formula is C28H25ClF2N6O4S. The molecule has 0 aliphatic carbocycles. The highest BCUT2D eigenvalue weighted by atomic mass is 35.5. The quantitative estimate of drug-likeness (QED) is 0.290. The second kappa shape index (κ2) is 11.5. The van der Waals surface area contributed by atoms with Gasteiger partial charge >= 0.3 is 0 Å². The Morgan fingerprint density at radius 3 is 2.64 bits per heavy atom. The van der Waals surface area contributed by atoms with Crippen molar-refractivity contribution in [1.29, 1.82) is 0 Å². The number of halogens is 3. The lowest BCUT2D eigenvalue weighted by atomic mass is 10.0. The van der Waals surface area contributed by atoms with Crippen molar-refractivity contribution in [2.75, 3.05) is 18.9 Å².